The van der Waals surface area contributed by atoms with Crippen molar-refractivity contribution in [3.63, 3.8) is 0 Å². The second-order valence-electron chi connectivity index (χ2n) is 2.73. The van der Waals surface area contributed by atoms with Crippen LogP contribution in [-0.4, -0.2) is 29.8 Å². The molecule has 0 amide bonds. The number of hydrogen-bond acceptors (Lipinski definition) is 6. The van der Waals surface area contributed by atoms with Crippen LogP contribution in [-0.2, 0) is 0 Å². The van der Waals surface area contributed by atoms with Gasteiger partial charge in [-0.05, 0) is 42.4 Å². The first kappa shape index (κ1) is 16.0. The molecule has 102 valence electrons. The lowest BCUT2D eigenvalue weighted by atomic mass is 10.8. The molecule has 0 saturated carbocycles. The Morgan fingerprint density at radius 2 is 1.79 bits per heavy atom. The topological polar surface area (TPSA) is 144 Å². The fourth-order valence-electron chi connectivity index (χ4n) is 0.820. The van der Waals surface area contributed by atoms with E-state index >= 15 is 0 Å². The van der Waals surface area contributed by atoms with Gasteiger partial charge in [0.2, 0.25) is 0 Å². The summed E-state index contributed by atoms with van der Waals surface area (Å²) >= 11 is 7.71. The van der Waals surface area contributed by atoms with Gasteiger partial charge in [-0.1, -0.05) is 0 Å². The van der Waals surface area contributed by atoms with Crippen LogP contribution in [0.4, 0.5) is 11.6 Å². The maximum Gasteiger partial charge on any atom is 0.396 e. The summed E-state index contributed by atoms with van der Waals surface area (Å²) in [4.78, 5) is 31.1. The van der Waals surface area contributed by atoms with Gasteiger partial charge in [-0.3, -0.25) is 0 Å². The minimum absolute atomic E-state index is 0.146. The SMILES string of the molecule is O=[N+]([O-])c1c[nH]c(Br)n1.O=[N+]([O-])c1nc(Br)[nH]c1I. The van der Waals surface area contributed by atoms with Crippen molar-refractivity contribution < 1.29 is 9.85 Å². The summed E-state index contributed by atoms with van der Waals surface area (Å²) < 4.78 is 1.17. The molecule has 2 N–H and O–H groups in total. The number of aromatic nitrogens is 4. The Hall–Kier alpha value is -1.09. The maximum atomic E-state index is 10.1. The molecule has 2 aromatic rings. The Labute approximate surface area is 135 Å². The summed E-state index contributed by atoms with van der Waals surface area (Å²) in [5.74, 6) is -0.325. The van der Waals surface area contributed by atoms with Crippen molar-refractivity contribution in [2.45, 2.75) is 0 Å². The Bertz CT molecular complexity index is 613. The molecule has 13 heteroatoms. The molecule has 0 aliphatic rings. The van der Waals surface area contributed by atoms with E-state index in [9.17, 15) is 20.2 Å². The van der Waals surface area contributed by atoms with Gasteiger partial charge in [0.1, 0.15) is 6.20 Å². The number of hydrogen-bond donors (Lipinski definition) is 2. The summed E-state index contributed by atoms with van der Waals surface area (Å²) in [7, 11) is 0. The Balaban J connectivity index is 0.000000191. The van der Waals surface area contributed by atoms with E-state index in [4.69, 9.17) is 0 Å². The van der Waals surface area contributed by atoms with Crippen molar-refractivity contribution in [1.29, 1.82) is 0 Å². The highest BCUT2D eigenvalue weighted by molar-refractivity contribution is 14.1. The number of aromatic amines is 2. The van der Waals surface area contributed by atoms with Gasteiger partial charge in [-0.15, -0.1) is 0 Å². The van der Waals surface area contributed by atoms with Crippen molar-refractivity contribution in [1.82, 2.24) is 19.9 Å². The molecule has 0 fully saturated rings. The summed E-state index contributed by atoms with van der Waals surface area (Å²) in [6.45, 7) is 0. The van der Waals surface area contributed by atoms with Gasteiger partial charge in [-0.2, -0.15) is 0 Å². The standard InChI is InChI=1S/C3HBrIN3O2.C3H2BrN3O2/c4-3-6-1(5)2(7-3)8(9)10;4-3-5-1-2(6-3)7(8)9/h(H,6,7);1H,(H,5,6). The minimum atomic E-state index is -0.568. The molecular formula is C6H3Br2IN6O4. The smallest absolute Gasteiger partial charge is 0.358 e. The van der Waals surface area contributed by atoms with Crippen molar-refractivity contribution >= 4 is 66.1 Å². The van der Waals surface area contributed by atoms with E-state index in [1.54, 1.807) is 22.6 Å². The molecule has 10 nitrogen and oxygen atoms in total. The van der Waals surface area contributed by atoms with Gasteiger partial charge >= 0.3 is 11.6 Å². The zero-order valence-corrected chi connectivity index (χ0v) is 14.0. The van der Waals surface area contributed by atoms with E-state index in [-0.39, 0.29) is 11.6 Å². The van der Waals surface area contributed by atoms with Crippen molar-refractivity contribution in [3.8, 4) is 0 Å². The quantitative estimate of drug-likeness (QED) is 0.362. The normalized spacial score (nSPS) is 9.63. The second kappa shape index (κ2) is 6.90. The van der Waals surface area contributed by atoms with Gasteiger partial charge < -0.3 is 30.2 Å². The van der Waals surface area contributed by atoms with Crippen molar-refractivity contribution in [3.05, 3.63) is 39.6 Å². The predicted molar refractivity (Wildman–Crippen MR) is 78.6 cm³/mol. The molecule has 19 heavy (non-hydrogen) atoms. The number of imidazole rings is 2. The number of nitrogens with zero attached hydrogens (tertiary/aromatic N) is 4. The Morgan fingerprint density at radius 3 is 2.00 bits per heavy atom. The summed E-state index contributed by atoms with van der Waals surface area (Å²) in [6.07, 6.45) is 1.21. The molecule has 2 rings (SSSR count). The highest BCUT2D eigenvalue weighted by Gasteiger charge is 2.17. The number of nitro groups is 2. The van der Waals surface area contributed by atoms with Crippen LogP contribution < -0.4 is 0 Å². The minimum Gasteiger partial charge on any atom is -0.358 e. The number of halogens is 3. The lowest BCUT2D eigenvalue weighted by molar-refractivity contribution is -0.390. The molecule has 0 atom stereocenters. The lowest BCUT2D eigenvalue weighted by Crippen LogP contribution is -1.89. The molecule has 2 heterocycles. The second-order valence-corrected chi connectivity index (χ2v) is 5.31. The van der Waals surface area contributed by atoms with E-state index in [2.05, 4.69) is 51.8 Å². The third kappa shape index (κ3) is 4.83. The van der Waals surface area contributed by atoms with Crippen LogP contribution in [0.15, 0.2) is 15.7 Å². The van der Waals surface area contributed by atoms with Crippen LogP contribution in [0.1, 0.15) is 0 Å². The molecule has 0 radical (unpaired) electrons. The lowest BCUT2D eigenvalue weighted by Gasteiger charge is -1.84. The molecule has 0 aliphatic heterocycles. The van der Waals surface area contributed by atoms with Crippen molar-refractivity contribution in [2.24, 2.45) is 0 Å². The first-order chi connectivity index (χ1) is 8.81. The van der Waals surface area contributed by atoms with Gasteiger partial charge in [-0.25, -0.2) is 0 Å². The molecule has 0 saturated heterocycles. The third-order valence-electron chi connectivity index (χ3n) is 1.51. The summed E-state index contributed by atoms with van der Waals surface area (Å²) in [6, 6.07) is 0. The zero-order chi connectivity index (χ0) is 14.6. The molecule has 0 aromatic carbocycles. The first-order valence-corrected chi connectivity index (χ1v) is 6.88. The third-order valence-corrected chi connectivity index (χ3v) is 3.04. The molecule has 0 bridgehead atoms. The highest BCUT2D eigenvalue weighted by Crippen LogP contribution is 2.19. The predicted octanol–water partition coefficient (Wildman–Crippen LogP) is 2.77. The number of nitrogens with one attached hydrogen (secondary N) is 2. The van der Waals surface area contributed by atoms with E-state index < -0.39 is 9.85 Å². The number of rotatable bonds is 2. The van der Waals surface area contributed by atoms with Crippen LogP contribution in [0, 0.1) is 23.9 Å². The highest BCUT2D eigenvalue weighted by atomic mass is 127. The molecule has 0 spiro atoms. The van der Waals surface area contributed by atoms with Gasteiger partial charge in [0.15, 0.2) is 3.70 Å². The van der Waals surface area contributed by atoms with E-state index in [1.807, 2.05) is 0 Å². The van der Waals surface area contributed by atoms with Gasteiger partial charge in [0, 0.05) is 31.9 Å². The van der Waals surface area contributed by atoms with Crippen LogP contribution in [0.3, 0.4) is 0 Å². The summed E-state index contributed by atoms with van der Waals surface area (Å²) in [5, 5.41) is 20.0. The molecule has 0 aliphatic carbocycles. The largest absolute Gasteiger partial charge is 0.396 e. The van der Waals surface area contributed by atoms with Crippen molar-refractivity contribution in [2.75, 3.05) is 0 Å². The monoisotopic (exact) mass is 508 g/mol. The molecule has 0 unspecified atom stereocenters. The first-order valence-electron chi connectivity index (χ1n) is 4.22. The Morgan fingerprint density at radius 1 is 1.16 bits per heavy atom. The van der Waals surface area contributed by atoms with Crippen LogP contribution in [0.25, 0.3) is 0 Å². The fourth-order valence-corrected chi connectivity index (χ4v) is 2.43. The Kier molecular flexibility index (Phi) is 5.80. The molecular weight excluding hydrogens is 507 g/mol. The fraction of sp³-hybridized carbons (Fsp3) is 0. The van der Waals surface area contributed by atoms with E-state index in [0.717, 1.165) is 0 Å². The van der Waals surface area contributed by atoms with E-state index in [0.29, 0.717) is 13.2 Å². The molecule has 2 aromatic heterocycles. The van der Waals surface area contributed by atoms with Crippen LogP contribution in [0.5, 0.6) is 0 Å². The zero-order valence-electron chi connectivity index (χ0n) is 8.63. The van der Waals surface area contributed by atoms with E-state index in [1.165, 1.54) is 6.20 Å². The maximum absolute atomic E-state index is 10.1. The van der Waals surface area contributed by atoms with Crippen LogP contribution in [0.2, 0.25) is 0 Å². The average Bonchev–Trinajstić information content (AvgIpc) is 2.85. The van der Waals surface area contributed by atoms with Gasteiger partial charge in [0.25, 0.3) is 9.47 Å². The average molecular weight is 510 g/mol. The van der Waals surface area contributed by atoms with Gasteiger partial charge in [0.05, 0.1) is 0 Å². The summed E-state index contributed by atoms with van der Waals surface area (Å²) in [5.41, 5.74) is 0. The number of H-pyrrole nitrogens is 2. The van der Waals surface area contributed by atoms with Crippen LogP contribution >= 0.6 is 54.5 Å².